The fourth-order valence-electron chi connectivity index (χ4n) is 3.58. The van der Waals surface area contributed by atoms with Gasteiger partial charge in [0.1, 0.15) is 5.69 Å². The number of morpholine rings is 1. The number of benzene rings is 2. The normalized spacial score (nSPS) is 19.8. The maximum atomic E-state index is 12.9. The van der Waals surface area contributed by atoms with Gasteiger partial charge in [0.25, 0.3) is 5.69 Å². The maximum Gasteiger partial charge on any atom is 0.293 e. The Bertz CT molecular complexity index is 1070. The first kappa shape index (κ1) is 21.4. The smallest absolute Gasteiger partial charge is 0.293 e. The summed E-state index contributed by atoms with van der Waals surface area (Å²) in [6.45, 7) is 1.08. The number of fused-ring (bicyclic) bond motifs is 1. The molecule has 30 heavy (non-hydrogen) atoms. The molecule has 2 aromatic carbocycles. The lowest BCUT2D eigenvalue weighted by molar-refractivity contribution is -0.384. The van der Waals surface area contributed by atoms with Crippen molar-refractivity contribution in [2.45, 2.75) is 22.3 Å². The Balaban J connectivity index is 1.66. The molecule has 8 nitrogen and oxygen atoms in total. The van der Waals surface area contributed by atoms with Gasteiger partial charge in [-0.3, -0.25) is 10.1 Å². The molecule has 2 heterocycles. The zero-order chi connectivity index (χ0) is 21.3. The number of halogens is 1. The minimum Gasteiger partial charge on any atom is -0.379 e. The van der Waals surface area contributed by atoms with Crippen LogP contribution in [-0.2, 0) is 14.8 Å². The van der Waals surface area contributed by atoms with Crippen molar-refractivity contribution in [2.75, 3.05) is 37.4 Å². The molecule has 0 bridgehead atoms. The van der Waals surface area contributed by atoms with E-state index in [4.69, 9.17) is 16.3 Å². The van der Waals surface area contributed by atoms with Crippen molar-refractivity contribution in [3.05, 3.63) is 57.1 Å². The van der Waals surface area contributed by atoms with Crippen LogP contribution in [0.3, 0.4) is 0 Å². The number of hydrogen-bond donors (Lipinski definition) is 1. The Morgan fingerprint density at radius 1 is 1.20 bits per heavy atom. The van der Waals surface area contributed by atoms with Crippen LogP contribution in [0.4, 0.5) is 11.4 Å². The van der Waals surface area contributed by atoms with Gasteiger partial charge in [0, 0.05) is 34.8 Å². The van der Waals surface area contributed by atoms with Gasteiger partial charge in [-0.05, 0) is 42.3 Å². The van der Waals surface area contributed by atoms with Crippen LogP contribution in [0.5, 0.6) is 0 Å². The third-order valence-corrected chi connectivity index (χ3v) is 8.37. The highest BCUT2D eigenvalue weighted by molar-refractivity contribution is 7.99. The summed E-state index contributed by atoms with van der Waals surface area (Å²) in [5, 5.41) is 15.6. The van der Waals surface area contributed by atoms with Crippen LogP contribution in [0.25, 0.3) is 0 Å². The van der Waals surface area contributed by atoms with Crippen molar-refractivity contribution in [1.82, 2.24) is 4.31 Å². The first-order valence-electron chi connectivity index (χ1n) is 9.41. The second kappa shape index (κ2) is 8.72. The highest BCUT2D eigenvalue weighted by atomic mass is 35.5. The van der Waals surface area contributed by atoms with Crippen molar-refractivity contribution < 1.29 is 18.1 Å². The molecule has 2 aliphatic rings. The molecule has 0 spiro atoms. The summed E-state index contributed by atoms with van der Waals surface area (Å²) >= 11 is 7.86. The molecule has 0 amide bonds. The molecule has 1 saturated heterocycles. The van der Waals surface area contributed by atoms with Gasteiger partial charge in [0.2, 0.25) is 10.0 Å². The molecule has 1 fully saturated rings. The third-order valence-electron chi connectivity index (χ3n) is 5.11. The predicted octanol–water partition coefficient (Wildman–Crippen LogP) is 3.92. The maximum absolute atomic E-state index is 12.9. The molecule has 1 atom stereocenters. The van der Waals surface area contributed by atoms with Crippen LogP contribution in [0.15, 0.2) is 46.2 Å². The summed E-state index contributed by atoms with van der Waals surface area (Å²) in [5.74, 6) is 0.865. The fraction of sp³-hybridized carbons (Fsp3) is 0.368. The number of nitro groups is 1. The highest BCUT2D eigenvalue weighted by Crippen LogP contribution is 2.41. The van der Waals surface area contributed by atoms with Crippen molar-refractivity contribution in [2.24, 2.45) is 0 Å². The summed E-state index contributed by atoms with van der Waals surface area (Å²) in [5.41, 5.74) is 0.993. The van der Waals surface area contributed by atoms with E-state index in [0.717, 1.165) is 28.7 Å². The van der Waals surface area contributed by atoms with Gasteiger partial charge in [0.05, 0.1) is 29.1 Å². The van der Waals surface area contributed by atoms with Crippen molar-refractivity contribution >= 4 is 44.8 Å². The summed E-state index contributed by atoms with van der Waals surface area (Å²) in [6, 6.07) is 9.49. The predicted molar refractivity (Wildman–Crippen MR) is 116 cm³/mol. The molecule has 1 unspecified atom stereocenters. The van der Waals surface area contributed by atoms with Gasteiger partial charge in [-0.15, -0.1) is 11.8 Å². The molecule has 160 valence electrons. The molecule has 0 aliphatic carbocycles. The molecular formula is C19H20ClN3O5S2. The average Bonchev–Trinajstić information content (AvgIpc) is 2.75. The number of nitrogens with one attached hydrogen (secondary N) is 1. The van der Waals surface area contributed by atoms with E-state index >= 15 is 0 Å². The zero-order valence-electron chi connectivity index (χ0n) is 15.9. The topological polar surface area (TPSA) is 102 Å². The molecule has 4 rings (SSSR count). The molecule has 11 heteroatoms. The van der Waals surface area contributed by atoms with Crippen molar-refractivity contribution in [3.8, 4) is 0 Å². The second-order valence-electron chi connectivity index (χ2n) is 6.97. The van der Waals surface area contributed by atoms with E-state index in [1.54, 1.807) is 11.8 Å². The average molecular weight is 470 g/mol. The largest absolute Gasteiger partial charge is 0.379 e. The van der Waals surface area contributed by atoms with E-state index in [0.29, 0.717) is 18.2 Å². The van der Waals surface area contributed by atoms with Crippen LogP contribution >= 0.6 is 23.4 Å². The number of nitrogens with zero attached hydrogens (tertiary/aromatic N) is 2. The number of thioether (sulfide) groups is 1. The molecule has 2 aromatic rings. The molecule has 0 radical (unpaired) electrons. The number of sulfonamides is 1. The number of nitro benzene ring substituents is 1. The number of hydrogen-bond acceptors (Lipinski definition) is 7. The first-order chi connectivity index (χ1) is 14.4. The summed E-state index contributed by atoms with van der Waals surface area (Å²) in [6.07, 6.45) is 0.767. The van der Waals surface area contributed by atoms with Gasteiger partial charge in [-0.25, -0.2) is 8.42 Å². The zero-order valence-corrected chi connectivity index (χ0v) is 18.3. The van der Waals surface area contributed by atoms with Crippen LogP contribution < -0.4 is 5.32 Å². The quantitative estimate of drug-likeness (QED) is 0.523. The van der Waals surface area contributed by atoms with E-state index in [9.17, 15) is 18.5 Å². The lowest BCUT2D eigenvalue weighted by Gasteiger charge is -2.27. The number of anilines is 1. The van der Waals surface area contributed by atoms with Crippen LogP contribution in [0, 0.1) is 10.1 Å². The Kier molecular flexibility index (Phi) is 6.21. The van der Waals surface area contributed by atoms with Gasteiger partial charge < -0.3 is 10.1 Å². The van der Waals surface area contributed by atoms with Crippen LogP contribution in [-0.4, -0.2) is 49.7 Å². The van der Waals surface area contributed by atoms with Gasteiger partial charge >= 0.3 is 0 Å². The van der Waals surface area contributed by atoms with Gasteiger partial charge in [-0.2, -0.15) is 4.31 Å². The third kappa shape index (κ3) is 4.28. The molecule has 2 aliphatic heterocycles. The summed E-state index contributed by atoms with van der Waals surface area (Å²) in [4.78, 5) is 12.2. The van der Waals surface area contributed by atoms with E-state index in [1.165, 1.54) is 16.4 Å². The molecule has 1 N–H and O–H groups in total. The van der Waals surface area contributed by atoms with E-state index in [1.807, 2.05) is 18.2 Å². The highest BCUT2D eigenvalue weighted by Gasteiger charge is 2.30. The van der Waals surface area contributed by atoms with Crippen LogP contribution in [0.1, 0.15) is 18.0 Å². The van der Waals surface area contributed by atoms with Crippen molar-refractivity contribution in [3.63, 3.8) is 0 Å². The minimum absolute atomic E-state index is 0.0932. The van der Waals surface area contributed by atoms with Gasteiger partial charge in [0.15, 0.2) is 0 Å². The molecular weight excluding hydrogens is 450 g/mol. The standard InChI is InChI=1S/C19H20ClN3O5S2/c20-13-1-4-19-15(11-13)16(5-10-29-19)21-17-3-2-14(12-18(17)23(24)25)30(26,27)22-6-8-28-9-7-22/h1-4,11-12,16,21H,5-10H2. The molecule has 0 aromatic heterocycles. The van der Waals surface area contributed by atoms with Crippen molar-refractivity contribution in [1.29, 1.82) is 0 Å². The van der Waals surface area contributed by atoms with E-state index < -0.39 is 14.9 Å². The number of rotatable bonds is 5. The van der Waals surface area contributed by atoms with E-state index in [-0.39, 0.29) is 35.4 Å². The van der Waals surface area contributed by atoms with E-state index in [2.05, 4.69) is 5.32 Å². The van der Waals surface area contributed by atoms with Gasteiger partial charge in [-0.1, -0.05) is 11.6 Å². The van der Waals surface area contributed by atoms with Crippen LogP contribution in [0.2, 0.25) is 5.02 Å². The molecule has 0 saturated carbocycles. The summed E-state index contributed by atoms with van der Waals surface area (Å²) < 4.78 is 32.2. The second-order valence-corrected chi connectivity index (χ2v) is 10.5. The SMILES string of the molecule is O=[N+]([O-])c1cc(S(=O)(=O)N2CCOCC2)ccc1NC1CCSc2ccc(Cl)cc21. The number of ether oxygens (including phenoxy) is 1. The Labute approximate surface area is 183 Å². The fourth-order valence-corrected chi connectivity index (χ4v) is 6.30. The Morgan fingerprint density at radius 3 is 2.70 bits per heavy atom. The lowest BCUT2D eigenvalue weighted by Crippen LogP contribution is -2.40. The summed E-state index contributed by atoms with van der Waals surface area (Å²) in [7, 11) is -3.82. The Morgan fingerprint density at radius 2 is 1.97 bits per heavy atom. The minimum atomic E-state index is -3.82. The first-order valence-corrected chi connectivity index (χ1v) is 12.2. The lowest BCUT2D eigenvalue weighted by atomic mass is 10.0. The monoisotopic (exact) mass is 469 g/mol. The Hall–Kier alpha value is -1.85.